The Kier molecular flexibility index (Phi) is 5.71. The lowest BCUT2D eigenvalue weighted by molar-refractivity contribution is 0.463. The predicted octanol–water partition coefficient (Wildman–Crippen LogP) is 3.49. The minimum atomic E-state index is -4.83. The maximum atomic E-state index is 13.8. The second kappa shape index (κ2) is 8.31. The monoisotopic (exact) mass is 454 g/mol. The van der Waals surface area contributed by atoms with Gasteiger partial charge in [0.1, 0.15) is 50.2 Å². The molecule has 0 amide bonds. The Morgan fingerprint density at radius 2 is 1.00 bits per heavy atom. The van der Waals surface area contributed by atoms with E-state index in [1.807, 2.05) is 30.3 Å². The van der Waals surface area contributed by atoms with Crippen molar-refractivity contribution >= 4 is 38.6 Å². The van der Waals surface area contributed by atoms with Gasteiger partial charge in [0.05, 0.1) is 4.90 Å². The molecule has 0 aromatic heterocycles. The van der Waals surface area contributed by atoms with Gasteiger partial charge in [0, 0.05) is 0 Å². The van der Waals surface area contributed by atoms with Crippen molar-refractivity contribution in [2.45, 2.75) is 4.90 Å². The summed E-state index contributed by atoms with van der Waals surface area (Å²) in [4.78, 5) is -0.346. The third-order valence-corrected chi connectivity index (χ3v) is 10.4. The van der Waals surface area contributed by atoms with Crippen LogP contribution in [0.3, 0.4) is 0 Å². The molecule has 0 saturated carbocycles. The van der Waals surface area contributed by atoms with Crippen LogP contribution in [0.25, 0.3) is 0 Å². The van der Waals surface area contributed by atoms with E-state index in [2.05, 4.69) is 0 Å². The molecule has 0 unspecified atom stereocenters. The zero-order chi connectivity index (χ0) is 22.1. The van der Waals surface area contributed by atoms with Gasteiger partial charge in [-0.05, 0) is 72.8 Å². The summed E-state index contributed by atoms with van der Waals surface area (Å²) in [5, 5.41) is 2.35. The topological polar surface area (TPSA) is 57.2 Å². The molecule has 0 radical (unpaired) electrons. The standard InChI is InChI=1S/C24H17F2O3PS/c25-18-10-14-21(15-11-18)30(20-6-2-1-3-7-20,22-16-12-19(26)13-17-22)23-8-4-5-9-24(23)31(27,28)29/h1-17H. The highest BCUT2D eigenvalue weighted by atomic mass is 32.2. The smallest absolute Gasteiger partial charge is 0.145 e. The summed E-state index contributed by atoms with van der Waals surface area (Å²) in [5.41, 5.74) is 0. The number of benzene rings is 4. The van der Waals surface area contributed by atoms with Crippen molar-refractivity contribution in [3.63, 3.8) is 0 Å². The van der Waals surface area contributed by atoms with Crippen molar-refractivity contribution in [1.82, 2.24) is 0 Å². The molecule has 0 aliphatic carbocycles. The molecule has 4 aromatic carbocycles. The Morgan fingerprint density at radius 1 is 0.581 bits per heavy atom. The van der Waals surface area contributed by atoms with E-state index in [1.54, 1.807) is 36.4 Å². The predicted molar refractivity (Wildman–Crippen MR) is 119 cm³/mol. The molecule has 156 valence electrons. The highest BCUT2D eigenvalue weighted by Gasteiger charge is 2.50. The summed E-state index contributed by atoms with van der Waals surface area (Å²) >= 11 is 0. The first kappa shape index (κ1) is 21.3. The second-order valence-corrected chi connectivity index (χ2v) is 11.6. The van der Waals surface area contributed by atoms with Gasteiger partial charge in [-0.3, -0.25) is 0 Å². The number of hydrogen-bond acceptors (Lipinski definition) is 3. The lowest BCUT2D eigenvalue weighted by Crippen LogP contribution is -2.40. The first-order valence-electron chi connectivity index (χ1n) is 9.36. The SMILES string of the molecule is O=S(=O)([O-])c1ccccc1[P+](c1ccccc1)(c1ccc(F)cc1)c1ccc(F)cc1. The molecule has 0 aliphatic heterocycles. The third kappa shape index (κ3) is 3.90. The molecule has 0 fully saturated rings. The molecule has 0 heterocycles. The van der Waals surface area contributed by atoms with Gasteiger partial charge in [0.15, 0.2) is 0 Å². The summed E-state index contributed by atoms with van der Waals surface area (Å²) < 4.78 is 64.4. The average molecular weight is 454 g/mol. The molecule has 3 nitrogen and oxygen atoms in total. The zero-order valence-corrected chi connectivity index (χ0v) is 17.9. The van der Waals surface area contributed by atoms with Crippen LogP contribution in [-0.2, 0) is 10.1 Å². The van der Waals surface area contributed by atoms with Crippen molar-refractivity contribution in [2.24, 2.45) is 0 Å². The molecule has 7 heteroatoms. The minimum Gasteiger partial charge on any atom is -0.744 e. The van der Waals surface area contributed by atoms with Gasteiger partial charge in [0.25, 0.3) is 0 Å². The molecule has 4 aromatic rings. The molecule has 0 atom stereocenters. The number of halogens is 2. The van der Waals surface area contributed by atoms with E-state index in [1.165, 1.54) is 36.4 Å². The zero-order valence-electron chi connectivity index (χ0n) is 16.2. The van der Waals surface area contributed by atoms with Gasteiger partial charge >= 0.3 is 0 Å². The lowest BCUT2D eigenvalue weighted by Gasteiger charge is -2.29. The first-order chi connectivity index (χ1) is 14.8. The van der Waals surface area contributed by atoms with Crippen LogP contribution >= 0.6 is 7.26 Å². The van der Waals surface area contributed by atoms with Crippen LogP contribution in [0.2, 0.25) is 0 Å². The van der Waals surface area contributed by atoms with Crippen LogP contribution in [0.4, 0.5) is 8.78 Å². The minimum absolute atomic E-state index is 0.314. The van der Waals surface area contributed by atoms with Crippen molar-refractivity contribution in [3.8, 4) is 0 Å². The van der Waals surface area contributed by atoms with E-state index in [0.29, 0.717) is 15.9 Å². The van der Waals surface area contributed by atoms with Crippen LogP contribution in [0, 0.1) is 11.6 Å². The third-order valence-electron chi connectivity index (χ3n) is 5.07. The fraction of sp³-hybridized carbons (Fsp3) is 0. The number of rotatable bonds is 5. The Bertz CT molecular complexity index is 1260. The highest BCUT2D eigenvalue weighted by molar-refractivity contribution is 8.02. The molecular formula is C24H17F2O3PS. The van der Waals surface area contributed by atoms with Crippen LogP contribution in [-0.4, -0.2) is 13.0 Å². The summed E-state index contributed by atoms with van der Waals surface area (Å²) in [5.74, 6) is -0.891. The van der Waals surface area contributed by atoms with Crippen molar-refractivity contribution in [2.75, 3.05) is 0 Å². The molecule has 0 aliphatic rings. The van der Waals surface area contributed by atoms with Gasteiger partial charge in [-0.15, -0.1) is 0 Å². The maximum Gasteiger partial charge on any atom is 0.145 e. The van der Waals surface area contributed by atoms with E-state index in [4.69, 9.17) is 0 Å². The normalized spacial score (nSPS) is 12.0. The molecular weight excluding hydrogens is 437 g/mol. The van der Waals surface area contributed by atoms with Crippen molar-refractivity contribution < 1.29 is 21.8 Å². The van der Waals surface area contributed by atoms with Crippen LogP contribution in [0.15, 0.2) is 108 Å². The van der Waals surface area contributed by atoms with Crippen LogP contribution < -0.4 is 21.2 Å². The molecule has 0 N–H and O–H groups in total. The van der Waals surface area contributed by atoms with Crippen molar-refractivity contribution in [3.05, 3.63) is 115 Å². The van der Waals surface area contributed by atoms with Gasteiger partial charge in [-0.1, -0.05) is 30.3 Å². The summed E-state index contributed by atoms with van der Waals surface area (Å²) in [6.07, 6.45) is 0. The molecule has 0 saturated heterocycles. The molecule has 0 spiro atoms. The van der Waals surface area contributed by atoms with Gasteiger partial charge in [0.2, 0.25) is 0 Å². The summed E-state index contributed by atoms with van der Waals surface area (Å²) in [7, 11) is -7.82. The Hall–Kier alpha value is -2.92. The highest BCUT2D eigenvalue weighted by Crippen LogP contribution is 2.55. The largest absolute Gasteiger partial charge is 0.744 e. The Balaban J connectivity index is 2.22. The van der Waals surface area contributed by atoms with Gasteiger partial charge < -0.3 is 4.55 Å². The van der Waals surface area contributed by atoms with E-state index >= 15 is 0 Å². The molecule has 0 bridgehead atoms. The Labute approximate surface area is 180 Å². The van der Waals surface area contributed by atoms with Crippen LogP contribution in [0.1, 0.15) is 0 Å². The molecule has 31 heavy (non-hydrogen) atoms. The van der Waals surface area contributed by atoms with E-state index in [-0.39, 0.29) is 4.90 Å². The summed E-state index contributed by atoms with van der Waals surface area (Å²) in [6, 6.07) is 26.7. The van der Waals surface area contributed by atoms with Crippen molar-refractivity contribution in [1.29, 1.82) is 0 Å². The lowest BCUT2D eigenvalue weighted by atomic mass is 10.3. The maximum absolute atomic E-state index is 13.8. The quantitative estimate of drug-likeness (QED) is 0.343. The van der Waals surface area contributed by atoms with Gasteiger partial charge in [-0.25, -0.2) is 17.2 Å². The van der Waals surface area contributed by atoms with Crippen LogP contribution in [0.5, 0.6) is 0 Å². The average Bonchev–Trinajstić information content (AvgIpc) is 2.77. The number of hydrogen-bond donors (Lipinski definition) is 0. The van der Waals surface area contributed by atoms with E-state index in [9.17, 15) is 21.8 Å². The van der Waals surface area contributed by atoms with E-state index in [0.717, 1.165) is 5.30 Å². The van der Waals surface area contributed by atoms with E-state index < -0.39 is 29.0 Å². The fourth-order valence-electron chi connectivity index (χ4n) is 3.79. The molecule has 4 rings (SSSR count). The fourth-order valence-corrected chi connectivity index (χ4v) is 9.36. The first-order valence-corrected chi connectivity index (χ1v) is 12.6. The second-order valence-electron chi connectivity index (χ2n) is 6.88. The Morgan fingerprint density at radius 3 is 1.48 bits per heavy atom. The summed E-state index contributed by atoms with van der Waals surface area (Å²) in [6.45, 7) is 0. The van der Waals surface area contributed by atoms with Gasteiger partial charge in [-0.2, -0.15) is 0 Å².